The molecule has 1 N–H and O–H groups in total. The SMILES string of the molecule is O=C(CCC1CCCCC1)NC1CCCCCCC1. The van der Waals surface area contributed by atoms with E-state index < -0.39 is 0 Å². The van der Waals surface area contributed by atoms with E-state index >= 15 is 0 Å². The van der Waals surface area contributed by atoms with Gasteiger partial charge in [0.15, 0.2) is 0 Å². The molecule has 2 fully saturated rings. The monoisotopic (exact) mass is 265 g/mol. The zero-order valence-corrected chi connectivity index (χ0v) is 12.5. The predicted octanol–water partition coefficient (Wildman–Crippen LogP) is 4.58. The van der Waals surface area contributed by atoms with Crippen LogP contribution in [0.2, 0.25) is 0 Å². The molecule has 0 spiro atoms. The van der Waals surface area contributed by atoms with Crippen LogP contribution in [-0.2, 0) is 4.79 Å². The molecule has 19 heavy (non-hydrogen) atoms. The first-order valence-electron chi connectivity index (χ1n) is 8.64. The van der Waals surface area contributed by atoms with Gasteiger partial charge in [0.2, 0.25) is 5.91 Å². The Kier molecular flexibility index (Phi) is 6.73. The average Bonchev–Trinajstić information content (AvgIpc) is 2.41. The molecule has 0 unspecified atom stereocenters. The molecule has 2 heteroatoms. The normalized spacial score (nSPS) is 23.6. The highest BCUT2D eigenvalue weighted by Gasteiger charge is 2.17. The number of carbonyl (C=O) groups excluding carboxylic acids is 1. The number of hydrogen-bond acceptors (Lipinski definition) is 1. The third-order valence-corrected chi connectivity index (χ3v) is 4.97. The maximum absolute atomic E-state index is 12.0. The Labute approximate surface area is 118 Å². The lowest BCUT2D eigenvalue weighted by atomic mass is 9.86. The van der Waals surface area contributed by atoms with Crippen LogP contribution in [0.3, 0.4) is 0 Å². The first-order valence-corrected chi connectivity index (χ1v) is 8.64. The predicted molar refractivity (Wildman–Crippen MR) is 80.1 cm³/mol. The fourth-order valence-corrected chi connectivity index (χ4v) is 3.71. The molecular formula is C17H31NO. The third-order valence-electron chi connectivity index (χ3n) is 4.97. The minimum absolute atomic E-state index is 0.316. The number of hydrogen-bond donors (Lipinski definition) is 1. The fraction of sp³-hybridized carbons (Fsp3) is 0.941. The smallest absolute Gasteiger partial charge is 0.220 e. The molecular weight excluding hydrogens is 234 g/mol. The molecule has 2 aliphatic carbocycles. The van der Waals surface area contributed by atoms with Gasteiger partial charge < -0.3 is 5.32 Å². The highest BCUT2D eigenvalue weighted by atomic mass is 16.1. The van der Waals surface area contributed by atoms with Gasteiger partial charge in [-0.1, -0.05) is 64.2 Å². The Balaban J connectivity index is 1.61. The molecule has 0 aromatic rings. The zero-order chi connectivity index (χ0) is 13.3. The molecule has 2 rings (SSSR count). The van der Waals surface area contributed by atoms with Gasteiger partial charge in [0.25, 0.3) is 0 Å². The quantitative estimate of drug-likeness (QED) is 0.792. The second kappa shape index (κ2) is 8.60. The van der Waals surface area contributed by atoms with E-state index in [9.17, 15) is 4.79 Å². The summed E-state index contributed by atoms with van der Waals surface area (Å²) in [5.41, 5.74) is 0. The van der Waals surface area contributed by atoms with Crippen LogP contribution in [0.25, 0.3) is 0 Å². The number of rotatable bonds is 4. The number of nitrogens with one attached hydrogen (secondary N) is 1. The molecule has 0 aliphatic heterocycles. The summed E-state index contributed by atoms with van der Waals surface area (Å²) in [5, 5.41) is 3.29. The highest BCUT2D eigenvalue weighted by Crippen LogP contribution is 2.27. The molecule has 1 amide bonds. The molecule has 2 nitrogen and oxygen atoms in total. The van der Waals surface area contributed by atoms with Crippen LogP contribution in [-0.4, -0.2) is 11.9 Å². The first kappa shape index (κ1) is 14.9. The Morgan fingerprint density at radius 2 is 1.32 bits per heavy atom. The van der Waals surface area contributed by atoms with Crippen molar-refractivity contribution in [1.29, 1.82) is 0 Å². The third kappa shape index (κ3) is 5.97. The summed E-state index contributed by atoms with van der Waals surface area (Å²) in [4.78, 5) is 12.0. The lowest BCUT2D eigenvalue weighted by molar-refractivity contribution is -0.122. The number of carbonyl (C=O) groups is 1. The fourth-order valence-electron chi connectivity index (χ4n) is 3.71. The van der Waals surface area contributed by atoms with E-state index in [1.54, 1.807) is 0 Å². The second-order valence-corrected chi connectivity index (χ2v) is 6.65. The van der Waals surface area contributed by atoms with Gasteiger partial charge >= 0.3 is 0 Å². The van der Waals surface area contributed by atoms with Gasteiger partial charge in [-0.05, 0) is 25.2 Å². The van der Waals surface area contributed by atoms with Gasteiger partial charge in [-0.15, -0.1) is 0 Å². The van der Waals surface area contributed by atoms with Crippen LogP contribution in [0.15, 0.2) is 0 Å². The van der Waals surface area contributed by atoms with Gasteiger partial charge in [0.05, 0.1) is 0 Å². The van der Waals surface area contributed by atoms with Crippen LogP contribution >= 0.6 is 0 Å². The van der Waals surface area contributed by atoms with Crippen LogP contribution in [0.1, 0.15) is 89.9 Å². The van der Waals surface area contributed by atoms with Crippen molar-refractivity contribution in [3.8, 4) is 0 Å². The summed E-state index contributed by atoms with van der Waals surface area (Å²) < 4.78 is 0. The molecule has 0 heterocycles. The van der Waals surface area contributed by atoms with Crippen molar-refractivity contribution >= 4 is 5.91 Å². The summed E-state index contributed by atoms with van der Waals surface area (Å²) in [6.07, 6.45) is 17.9. The van der Waals surface area contributed by atoms with Crippen LogP contribution < -0.4 is 5.32 Å². The summed E-state index contributed by atoms with van der Waals surface area (Å²) in [6.45, 7) is 0. The van der Waals surface area contributed by atoms with Crippen molar-refractivity contribution in [2.75, 3.05) is 0 Å². The van der Waals surface area contributed by atoms with E-state index in [0.29, 0.717) is 11.9 Å². The van der Waals surface area contributed by atoms with Crippen molar-refractivity contribution in [1.82, 2.24) is 5.32 Å². The van der Waals surface area contributed by atoms with E-state index in [1.165, 1.54) is 77.0 Å². The molecule has 0 atom stereocenters. The van der Waals surface area contributed by atoms with Crippen molar-refractivity contribution in [3.05, 3.63) is 0 Å². The molecule has 2 saturated carbocycles. The topological polar surface area (TPSA) is 29.1 Å². The maximum Gasteiger partial charge on any atom is 0.220 e. The molecule has 0 radical (unpaired) electrons. The average molecular weight is 265 g/mol. The Morgan fingerprint density at radius 3 is 2.00 bits per heavy atom. The molecule has 0 saturated heterocycles. The number of amides is 1. The molecule has 0 bridgehead atoms. The standard InChI is InChI=1S/C17H31NO/c19-17(14-13-15-9-5-4-6-10-15)18-16-11-7-2-1-3-8-12-16/h15-16H,1-14H2,(H,18,19). The summed E-state index contributed by atoms with van der Waals surface area (Å²) in [6, 6.07) is 0.471. The van der Waals surface area contributed by atoms with E-state index in [4.69, 9.17) is 0 Å². The summed E-state index contributed by atoms with van der Waals surface area (Å²) in [5.74, 6) is 1.15. The lowest BCUT2D eigenvalue weighted by Gasteiger charge is -2.23. The van der Waals surface area contributed by atoms with E-state index in [2.05, 4.69) is 5.32 Å². The van der Waals surface area contributed by atoms with Gasteiger partial charge in [-0.2, -0.15) is 0 Å². The van der Waals surface area contributed by atoms with Gasteiger partial charge in [-0.3, -0.25) is 4.79 Å². The van der Waals surface area contributed by atoms with Crippen LogP contribution in [0.4, 0.5) is 0 Å². The largest absolute Gasteiger partial charge is 0.353 e. The Hall–Kier alpha value is -0.530. The first-order chi connectivity index (χ1) is 9.34. The zero-order valence-electron chi connectivity index (χ0n) is 12.5. The summed E-state index contributed by atoms with van der Waals surface area (Å²) in [7, 11) is 0. The van der Waals surface area contributed by atoms with E-state index in [-0.39, 0.29) is 0 Å². The molecule has 0 aromatic carbocycles. The Morgan fingerprint density at radius 1 is 0.789 bits per heavy atom. The lowest BCUT2D eigenvalue weighted by Crippen LogP contribution is -2.35. The Bertz CT molecular complexity index is 250. The van der Waals surface area contributed by atoms with E-state index in [0.717, 1.165) is 18.8 Å². The minimum atomic E-state index is 0.316. The molecule has 0 aromatic heterocycles. The van der Waals surface area contributed by atoms with Gasteiger partial charge in [0, 0.05) is 12.5 Å². The summed E-state index contributed by atoms with van der Waals surface area (Å²) >= 11 is 0. The minimum Gasteiger partial charge on any atom is -0.353 e. The molecule has 2 aliphatic rings. The van der Waals surface area contributed by atoms with Crippen LogP contribution in [0.5, 0.6) is 0 Å². The van der Waals surface area contributed by atoms with E-state index in [1.807, 2.05) is 0 Å². The molecule has 110 valence electrons. The van der Waals surface area contributed by atoms with Crippen molar-refractivity contribution < 1.29 is 4.79 Å². The van der Waals surface area contributed by atoms with Gasteiger partial charge in [0.1, 0.15) is 0 Å². The second-order valence-electron chi connectivity index (χ2n) is 6.65. The maximum atomic E-state index is 12.0. The van der Waals surface area contributed by atoms with Crippen molar-refractivity contribution in [2.24, 2.45) is 5.92 Å². The van der Waals surface area contributed by atoms with Crippen LogP contribution in [0, 0.1) is 5.92 Å². The van der Waals surface area contributed by atoms with Crippen molar-refractivity contribution in [3.63, 3.8) is 0 Å². The highest BCUT2D eigenvalue weighted by molar-refractivity contribution is 5.76. The van der Waals surface area contributed by atoms with Gasteiger partial charge in [-0.25, -0.2) is 0 Å². The van der Waals surface area contributed by atoms with Crippen molar-refractivity contribution in [2.45, 2.75) is 95.9 Å².